The number of amides is 1. The van der Waals surface area contributed by atoms with Crippen molar-refractivity contribution in [2.24, 2.45) is 5.92 Å². The monoisotopic (exact) mass is 318 g/mol. The maximum atomic E-state index is 13.4. The fraction of sp³-hybridized carbons (Fsp3) is 0.529. The van der Waals surface area contributed by atoms with Gasteiger partial charge >= 0.3 is 0 Å². The van der Waals surface area contributed by atoms with Crippen molar-refractivity contribution < 1.29 is 18.4 Å². The third-order valence-corrected chi connectivity index (χ3v) is 4.61. The summed E-state index contributed by atoms with van der Waals surface area (Å²) in [5, 5.41) is 4.50. The summed E-state index contributed by atoms with van der Waals surface area (Å²) in [6.45, 7) is 3.22. The van der Waals surface area contributed by atoms with E-state index in [1.807, 2.05) is 11.8 Å². The van der Waals surface area contributed by atoms with E-state index < -0.39 is 0 Å². The SMILES string of the molecule is CC1CN(C(=O)Cc2noc3ccc(F)cc23)CC(C2CC2)O1. The van der Waals surface area contributed by atoms with E-state index in [1.165, 1.54) is 31.0 Å². The molecule has 1 aliphatic carbocycles. The van der Waals surface area contributed by atoms with Crippen LogP contribution in [-0.2, 0) is 16.0 Å². The maximum absolute atomic E-state index is 13.4. The molecule has 0 radical (unpaired) electrons. The Bertz CT molecular complexity index is 741. The van der Waals surface area contributed by atoms with Gasteiger partial charge in [0.15, 0.2) is 5.58 Å². The van der Waals surface area contributed by atoms with Crippen molar-refractivity contribution in [1.82, 2.24) is 10.1 Å². The first kappa shape index (κ1) is 14.6. The Morgan fingerprint density at radius 2 is 2.22 bits per heavy atom. The van der Waals surface area contributed by atoms with Crippen LogP contribution in [0.15, 0.2) is 22.7 Å². The van der Waals surface area contributed by atoms with Gasteiger partial charge in [-0.25, -0.2) is 4.39 Å². The Labute approximate surface area is 133 Å². The normalized spacial score (nSPS) is 25.0. The van der Waals surface area contributed by atoms with E-state index in [-0.39, 0.29) is 30.4 Å². The largest absolute Gasteiger partial charge is 0.371 e. The highest BCUT2D eigenvalue weighted by Gasteiger charge is 2.38. The second-order valence-corrected chi connectivity index (χ2v) is 6.57. The molecule has 1 aliphatic heterocycles. The molecule has 2 atom stereocenters. The van der Waals surface area contributed by atoms with Crippen molar-refractivity contribution in [3.63, 3.8) is 0 Å². The van der Waals surface area contributed by atoms with Gasteiger partial charge in [-0.1, -0.05) is 5.16 Å². The molecule has 1 amide bonds. The molecule has 0 spiro atoms. The van der Waals surface area contributed by atoms with E-state index in [0.717, 1.165) is 0 Å². The van der Waals surface area contributed by atoms with E-state index in [2.05, 4.69) is 5.16 Å². The fourth-order valence-electron chi connectivity index (χ4n) is 3.26. The predicted molar refractivity (Wildman–Crippen MR) is 81.3 cm³/mol. The van der Waals surface area contributed by atoms with E-state index in [0.29, 0.717) is 35.7 Å². The number of hydrogen-bond acceptors (Lipinski definition) is 4. The number of carbonyl (C=O) groups is 1. The van der Waals surface area contributed by atoms with Gasteiger partial charge in [-0.2, -0.15) is 0 Å². The Balaban J connectivity index is 1.50. The summed E-state index contributed by atoms with van der Waals surface area (Å²) in [4.78, 5) is 14.5. The predicted octanol–water partition coefficient (Wildman–Crippen LogP) is 2.54. The molecular weight excluding hydrogens is 299 g/mol. The molecular formula is C17H19FN2O3. The van der Waals surface area contributed by atoms with Crippen LogP contribution in [0.1, 0.15) is 25.5 Å². The lowest BCUT2D eigenvalue weighted by Crippen LogP contribution is -2.50. The molecule has 2 fully saturated rings. The molecule has 2 heterocycles. The first-order chi connectivity index (χ1) is 11.1. The number of ether oxygens (including phenoxy) is 1. The molecule has 1 saturated carbocycles. The van der Waals surface area contributed by atoms with E-state index in [4.69, 9.17) is 9.26 Å². The average molecular weight is 318 g/mol. The number of aromatic nitrogens is 1. The topological polar surface area (TPSA) is 55.6 Å². The minimum Gasteiger partial charge on any atom is -0.371 e. The highest BCUT2D eigenvalue weighted by atomic mass is 19.1. The van der Waals surface area contributed by atoms with Gasteiger partial charge in [0.25, 0.3) is 0 Å². The first-order valence-electron chi connectivity index (χ1n) is 8.07. The lowest BCUT2D eigenvalue weighted by molar-refractivity contribution is -0.145. The van der Waals surface area contributed by atoms with Crippen molar-refractivity contribution in [1.29, 1.82) is 0 Å². The highest BCUT2D eigenvalue weighted by Crippen LogP contribution is 2.36. The van der Waals surface area contributed by atoms with Gasteiger partial charge in [-0.15, -0.1) is 0 Å². The average Bonchev–Trinajstić information content (AvgIpc) is 3.30. The number of halogens is 1. The molecule has 1 saturated heterocycles. The van der Waals surface area contributed by atoms with Crippen LogP contribution in [0, 0.1) is 11.7 Å². The number of carbonyl (C=O) groups excluding carboxylic acids is 1. The second-order valence-electron chi connectivity index (χ2n) is 6.57. The standard InChI is InChI=1S/C17H19FN2O3/c1-10-8-20(9-16(22-10)11-2-3-11)17(21)7-14-13-6-12(18)4-5-15(13)23-19-14/h4-6,10-11,16H,2-3,7-9H2,1H3. The minimum atomic E-state index is -0.358. The summed E-state index contributed by atoms with van der Waals surface area (Å²) in [6.07, 6.45) is 2.69. The lowest BCUT2D eigenvalue weighted by atomic mass is 10.1. The van der Waals surface area contributed by atoms with E-state index in [9.17, 15) is 9.18 Å². The fourth-order valence-corrected chi connectivity index (χ4v) is 3.26. The molecule has 1 aromatic carbocycles. The molecule has 5 nitrogen and oxygen atoms in total. The minimum absolute atomic E-state index is 0.00902. The zero-order valence-electron chi connectivity index (χ0n) is 13.0. The Morgan fingerprint density at radius 3 is 3.00 bits per heavy atom. The molecule has 1 aromatic heterocycles. The summed E-state index contributed by atoms with van der Waals surface area (Å²) in [5.41, 5.74) is 0.993. The molecule has 0 N–H and O–H groups in total. The number of fused-ring (bicyclic) bond motifs is 1. The van der Waals surface area contributed by atoms with Gasteiger partial charge in [0.05, 0.1) is 18.6 Å². The van der Waals surface area contributed by atoms with Crippen LogP contribution in [0.25, 0.3) is 11.0 Å². The quantitative estimate of drug-likeness (QED) is 0.873. The van der Waals surface area contributed by atoms with Crippen molar-refractivity contribution in [3.05, 3.63) is 29.7 Å². The van der Waals surface area contributed by atoms with Crippen LogP contribution in [0.5, 0.6) is 0 Å². The molecule has 23 heavy (non-hydrogen) atoms. The molecule has 2 aromatic rings. The summed E-state index contributed by atoms with van der Waals surface area (Å²) >= 11 is 0. The lowest BCUT2D eigenvalue weighted by Gasteiger charge is -2.37. The molecule has 4 rings (SSSR count). The van der Waals surface area contributed by atoms with Crippen molar-refractivity contribution in [3.8, 4) is 0 Å². The van der Waals surface area contributed by atoms with Gasteiger partial charge in [0, 0.05) is 18.5 Å². The third-order valence-electron chi connectivity index (χ3n) is 4.61. The number of benzene rings is 1. The Kier molecular flexibility index (Phi) is 3.56. The van der Waals surface area contributed by atoms with Crippen LogP contribution in [0.3, 0.4) is 0 Å². The maximum Gasteiger partial charge on any atom is 0.228 e. The smallest absolute Gasteiger partial charge is 0.228 e. The molecule has 0 bridgehead atoms. The molecule has 6 heteroatoms. The first-order valence-corrected chi connectivity index (χ1v) is 8.07. The van der Waals surface area contributed by atoms with Gasteiger partial charge in [-0.05, 0) is 43.9 Å². The third kappa shape index (κ3) is 2.95. The molecule has 122 valence electrons. The number of rotatable bonds is 3. The number of hydrogen-bond donors (Lipinski definition) is 0. The van der Waals surface area contributed by atoms with Crippen LogP contribution in [0.4, 0.5) is 4.39 Å². The Hall–Kier alpha value is -1.95. The summed E-state index contributed by atoms with van der Waals surface area (Å²) in [5.74, 6) is 0.225. The highest BCUT2D eigenvalue weighted by molar-refractivity contribution is 5.86. The molecule has 2 aliphatic rings. The van der Waals surface area contributed by atoms with Gasteiger partial charge in [0.2, 0.25) is 5.91 Å². The van der Waals surface area contributed by atoms with Crippen LogP contribution in [0.2, 0.25) is 0 Å². The second kappa shape index (κ2) is 5.60. The van der Waals surface area contributed by atoms with Crippen molar-refractivity contribution in [2.75, 3.05) is 13.1 Å². The zero-order chi connectivity index (χ0) is 16.0. The summed E-state index contributed by atoms with van der Waals surface area (Å²) in [7, 11) is 0. The number of morpholine rings is 1. The summed E-state index contributed by atoms with van der Waals surface area (Å²) < 4.78 is 24.5. The van der Waals surface area contributed by atoms with Crippen molar-refractivity contribution >= 4 is 16.9 Å². The summed E-state index contributed by atoms with van der Waals surface area (Å²) in [6, 6.07) is 4.22. The number of nitrogens with zero attached hydrogens (tertiary/aromatic N) is 2. The van der Waals surface area contributed by atoms with Gasteiger partial charge < -0.3 is 14.2 Å². The van der Waals surface area contributed by atoms with Crippen molar-refractivity contribution in [2.45, 2.75) is 38.4 Å². The van der Waals surface area contributed by atoms with Crippen LogP contribution >= 0.6 is 0 Å². The Morgan fingerprint density at radius 1 is 1.39 bits per heavy atom. The van der Waals surface area contributed by atoms with E-state index in [1.54, 1.807) is 0 Å². The molecule has 2 unspecified atom stereocenters. The van der Waals surface area contributed by atoms with Gasteiger partial charge in [0.1, 0.15) is 11.5 Å². The van der Waals surface area contributed by atoms with E-state index >= 15 is 0 Å². The zero-order valence-corrected chi connectivity index (χ0v) is 13.0. The van der Waals surface area contributed by atoms with Gasteiger partial charge in [-0.3, -0.25) is 4.79 Å². The van der Waals surface area contributed by atoms with Crippen LogP contribution < -0.4 is 0 Å². The van der Waals surface area contributed by atoms with Crippen LogP contribution in [-0.4, -0.2) is 41.3 Å².